The number of anilines is 3. The Hall–Kier alpha value is -7.86. The van der Waals surface area contributed by atoms with E-state index in [4.69, 9.17) is 9.97 Å². The average Bonchev–Trinajstić information content (AvgIpc) is 4.12. The first-order valence-corrected chi connectivity index (χ1v) is 23.0. The Labute approximate surface area is 373 Å². The fourth-order valence-corrected chi connectivity index (χ4v) is 13.4. The maximum absolute atomic E-state index is 5.06. The van der Waals surface area contributed by atoms with Gasteiger partial charge in [0.1, 0.15) is 0 Å². The van der Waals surface area contributed by atoms with Crippen molar-refractivity contribution in [3.63, 3.8) is 0 Å². The molecule has 0 atom stereocenters. The Morgan fingerprint density at radius 2 is 1.12 bits per heavy atom. The van der Waals surface area contributed by atoms with Gasteiger partial charge in [-0.25, -0.2) is 0 Å². The maximum Gasteiger partial charge on any atom is 0.0937 e. The zero-order valence-electron chi connectivity index (χ0n) is 34.6. The van der Waals surface area contributed by atoms with E-state index in [9.17, 15) is 0 Å². The lowest BCUT2D eigenvalue weighted by Gasteiger charge is -2.40. The predicted octanol–water partition coefficient (Wildman–Crippen LogP) is 15.0. The molecule has 0 amide bonds. The summed E-state index contributed by atoms with van der Waals surface area (Å²) >= 11 is 1.94. The molecule has 0 N–H and O–H groups in total. The van der Waals surface area contributed by atoms with Crippen LogP contribution in [0.15, 0.2) is 194 Å². The van der Waals surface area contributed by atoms with Gasteiger partial charge < -0.3 is 9.47 Å². The number of hydrogen-bond acceptors (Lipinski definition) is 4. The van der Waals surface area contributed by atoms with Gasteiger partial charge >= 0.3 is 0 Å². The number of hydrogen-bond donors (Lipinski definition) is 0. The van der Waals surface area contributed by atoms with E-state index in [2.05, 4.69) is 191 Å². The average molecular weight is 833 g/mol. The van der Waals surface area contributed by atoms with Crippen molar-refractivity contribution in [3.05, 3.63) is 228 Å². The van der Waals surface area contributed by atoms with Gasteiger partial charge in [-0.2, -0.15) is 0 Å². The van der Waals surface area contributed by atoms with E-state index in [0.29, 0.717) is 0 Å². The zero-order chi connectivity index (χ0) is 41.7. The standard InChI is InChI=1S/C59H36N4S/c1-3-12-37(13-4-1)62(39-26-28-41-40-16-7-8-20-49(40)63(51(41)34-39)38-14-5-2-6-15-38)50-21-9-17-42-43-29-31-46-54(58(43)64-57(42)50)44-27-24-35-22-23-36-25-30-45(53(44)52(35)36)59(46)47-18-10-32-60-55(47)56-48(59)19-11-33-61-56/h1-21,24-34H,22-23H2. The Kier molecular flexibility index (Phi) is 6.84. The first-order chi connectivity index (χ1) is 31.8. The molecule has 4 aromatic heterocycles. The topological polar surface area (TPSA) is 34.0 Å². The number of fused-ring (bicyclic) bond motifs is 16. The number of rotatable bonds is 4. The minimum Gasteiger partial charge on any atom is -0.309 e. The smallest absolute Gasteiger partial charge is 0.0937 e. The minimum absolute atomic E-state index is 0.564. The van der Waals surface area contributed by atoms with Crippen LogP contribution in [0.25, 0.3) is 81.0 Å². The molecule has 4 heterocycles. The number of thiophene rings is 1. The largest absolute Gasteiger partial charge is 0.309 e. The quantitative estimate of drug-likeness (QED) is 0.177. The Morgan fingerprint density at radius 1 is 0.469 bits per heavy atom. The molecule has 0 saturated heterocycles. The van der Waals surface area contributed by atoms with Crippen LogP contribution in [0.4, 0.5) is 17.1 Å². The molecule has 0 radical (unpaired) electrons. The van der Waals surface area contributed by atoms with Crippen molar-refractivity contribution in [1.29, 1.82) is 0 Å². The van der Waals surface area contributed by atoms with E-state index < -0.39 is 5.41 Å². The van der Waals surface area contributed by atoms with Crippen molar-refractivity contribution in [3.8, 4) is 28.2 Å². The van der Waals surface area contributed by atoms with Crippen LogP contribution in [-0.4, -0.2) is 14.5 Å². The third-order valence-corrected chi connectivity index (χ3v) is 15.8. The molecule has 0 saturated carbocycles. The van der Waals surface area contributed by atoms with Crippen molar-refractivity contribution in [2.45, 2.75) is 18.3 Å². The minimum atomic E-state index is -0.564. The normalized spacial score (nSPS) is 13.9. The van der Waals surface area contributed by atoms with Gasteiger partial charge in [0.05, 0.1) is 38.2 Å². The Morgan fingerprint density at radius 3 is 1.92 bits per heavy atom. The molecule has 3 aliphatic rings. The van der Waals surface area contributed by atoms with Gasteiger partial charge in [-0.3, -0.25) is 9.97 Å². The second-order valence-electron chi connectivity index (χ2n) is 17.5. The molecule has 0 bridgehead atoms. The van der Waals surface area contributed by atoms with Crippen LogP contribution in [-0.2, 0) is 18.3 Å². The monoisotopic (exact) mass is 832 g/mol. The third kappa shape index (κ3) is 4.32. The molecule has 5 heteroatoms. The van der Waals surface area contributed by atoms with Crippen molar-refractivity contribution in [2.24, 2.45) is 0 Å². The van der Waals surface area contributed by atoms with Gasteiger partial charge in [-0.1, -0.05) is 121 Å². The molecule has 8 aromatic carbocycles. The highest BCUT2D eigenvalue weighted by atomic mass is 32.1. The highest BCUT2D eigenvalue weighted by molar-refractivity contribution is 7.27. The van der Waals surface area contributed by atoms with Gasteiger partial charge in [0, 0.05) is 61.3 Å². The van der Waals surface area contributed by atoms with E-state index in [0.717, 1.165) is 47.0 Å². The van der Waals surface area contributed by atoms with Crippen LogP contribution in [0.5, 0.6) is 0 Å². The first-order valence-electron chi connectivity index (χ1n) is 22.2. The molecule has 0 unspecified atom stereocenters. The molecular formula is C59H36N4S. The summed E-state index contributed by atoms with van der Waals surface area (Å²) in [6.07, 6.45) is 6.01. The van der Waals surface area contributed by atoms with Crippen LogP contribution in [0, 0.1) is 0 Å². The van der Waals surface area contributed by atoms with Gasteiger partial charge in [0.2, 0.25) is 0 Å². The summed E-state index contributed by atoms with van der Waals surface area (Å²) in [7, 11) is 0. The number of benzene rings is 8. The van der Waals surface area contributed by atoms with E-state index in [-0.39, 0.29) is 0 Å². The molecule has 0 aliphatic heterocycles. The highest BCUT2D eigenvalue weighted by Gasteiger charge is 2.52. The summed E-state index contributed by atoms with van der Waals surface area (Å²) in [5.41, 5.74) is 19.0. The second kappa shape index (κ2) is 12.6. The van der Waals surface area contributed by atoms with Crippen molar-refractivity contribution in [2.75, 3.05) is 4.90 Å². The van der Waals surface area contributed by atoms with Gasteiger partial charge in [0.25, 0.3) is 0 Å². The number of pyridine rings is 2. The number of aromatic nitrogens is 3. The Balaban J connectivity index is 1.04. The molecule has 12 aromatic rings. The van der Waals surface area contributed by atoms with Crippen molar-refractivity contribution in [1.82, 2.24) is 14.5 Å². The molecule has 4 nitrogen and oxygen atoms in total. The van der Waals surface area contributed by atoms with Crippen LogP contribution < -0.4 is 4.90 Å². The number of aryl methyl sites for hydroxylation is 2. The fourth-order valence-electron chi connectivity index (χ4n) is 12.1. The lowest BCUT2D eigenvalue weighted by molar-refractivity contribution is 0.771. The summed E-state index contributed by atoms with van der Waals surface area (Å²) in [5, 5.41) is 7.87. The number of para-hydroxylation sites is 3. The molecule has 64 heavy (non-hydrogen) atoms. The lowest BCUT2D eigenvalue weighted by atomic mass is 9.61. The highest BCUT2D eigenvalue weighted by Crippen LogP contribution is 2.63. The Bertz CT molecular complexity index is 3920. The van der Waals surface area contributed by atoms with Crippen LogP contribution in [0.2, 0.25) is 0 Å². The van der Waals surface area contributed by atoms with Crippen LogP contribution in [0.1, 0.15) is 33.4 Å². The second-order valence-corrected chi connectivity index (χ2v) is 18.5. The van der Waals surface area contributed by atoms with E-state index >= 15 is 0 Å². The summed E-state index contributed by atoms with van der Waals surface area (Å²) < 4.78 is 5.00. The fraction of sp³-hybridized carbons (Fsp3) is 0.0508. The van der Waals surface area contributed by atoms with Gasteiger partial charge in [-0.15, -0.1) is 11.3 Å². The van der Waals surface area contributed by atoms with Crippen LogP contribution in [0.3, 0.4) is 0 Å². The molecule has 0 fully saturated rings. The first kappa shape index (κ1) is 34.7. The molecule has 15 rings (SSSR count). The van der Waals surface area contributed by atoms with Crippen molar-refractivity contribution >= 4 is 81.1 Å². The van der Waals surface area contributed by atoms with Gasteiger partial charge in [-0.05, 0) is 123 Å². The molecular weight excluding hydrogens is 797 g/mol. The maximum atomic E-state index is 5.06. The third-order valence-electron chi connectivity index (χ3n) is 14.6. The summed E-state index contributed by atoms with van der Waals surface area (Å²) in [4.78, 5) is 12.6. The van der Waals surface area contributed by atoms with E-state index in [1.165, 1.54) is 97.3 Å². The van der Waals surface area contributed by atoms with E-state index in [1.807, 2.05) is 23.7 Å². The summed E-state index contributed by atoms with van der Waals surface area (Å²) in [6.45, 7) is 0. The summed E-state index contributed by atoms with van der Waals surface area (Å²) in [5.74, 6) is 0. The summed E-state index contributed by atoms with van der Waals surface area (Å²) in [6, 6.07) is 67.7. The molecule has 298 valence electrons. The zero-order valence-corrected chi connectivity index (χ0v) is 35.4. The van der Waals surface area contributed by atoms with Crippen LogP contribution >= 0.6 is 11.3 Å². The molecule has 1 spiro atoms. The molecule has 3 aliphatic carbocycles. The van der Waals surface area contributed by atoms with E-state index in [1.54, 1.807) is 0 Å². The lowest BCUT2D eigenvalue weighted by Crippen LogP contribution is -2.32. The predicted molar refractivity (Wildman–Crippen MR) is 265 cm³/mol. The van der Waals surface area contributed by atoms with Crippen molar-refractivity contribution < 1.29 is 0 Å². The number of nitrogens with zero attached hydrogens (tertiary/aromatic N) is 4. The van der Waals surface area contributed by atoms with Gasteiger partial charge in [0.15, 0.2) is 0 Å². The SMILES string of the molecule is c1ccc(N(c2ccc3c4ccccc4n(-c4ccccc4)c3c2)c2cccc3c2sc2c4c(ccc23)C2(c3cccnc3-c3ncccc32)c2ccc3c5c(ccc-4c25)CC3)cc1.